The molecule has 1 aliphatic heterocycles. The van der Waals surface area contributed by atoms with Crippen LogP contribution in [0.4, 0.5) is 10.6 Å². The van der Waals surface area contributed by atoms with E-state index in [1.54, 1.807) is 29.4 Å². The summed E-state index contributed by atoms with van der Waals surface area (Å²) in [5.41, 5.74) is 1.02. The van der Waals surface area contributed by atoms with Crippen LogP contribution < -0.4 is 5.32 Å². The molecule has 0 radical (unpaired) electrons. The summed E-state index contributed by atoms with van der Waals surface area (Å²) < 4.78 is 11.8. The molecule has 1 N–H and O–H groups in total. The van der Waals surface area contributed by atoms with Crippen molar-refractivity contribution in [2.45, 2.75) is 61.0 Å². The molecule has 38 heavy (non-hydrogen) atoms. The molecule has 5 rings (SSSR count). The maximum absolute atomic E-state index is 13.8. The van der Waals surface area contributed by atoms with Crippen LogP contribution in [0.3, 0.4) is 0 Å². The van der Waals surface area contributed by atoms with E-state index in [0.717, 1.165) is 32.2 Å². The number of amides is 3. The predicted octanol–water partition coefficient (Wildman–Crippen LogP) is 4.07. The molecule has 2 aromatic rings. The minimum Gasteiger partial charge on any atom is -0.610 e. The van der Waals surface area contributed by atoms with Crippen molar-refractivity contribution in [1.82, 2.24) is 19.7 Å². The van der Waals surface area contributed by atoms with Gasteiger partial charge in [0.05, 0.1) is 5.54 Å². The number of benzene rings is 1. The molecule has 3 fully saturated rings. The standard InChI is InChI=1S/C29H39N5O3S/c1-32(2)29(23-11-5-4-6-12-23)17-15-28(16-18-29)21-33(27(36)34(28)19-22-9-7-10-22)20-25(35)30-24-13-8-14-26(31-24)38(3)37/h4-6,8,11-14,22H,7,9-10,15-21H2,1-3H3,(H,30,31,35)/t28-,29+,38?. The molecular formula is C29H39N5O3S. The minimum absolute atomic E-state index is 0.0135. The number of hydrogen-bond acceptors (Lipinski definition) is 5. The first-order chi connectivity index (χ1) is 18.2. The molecule has 2 saturated carbocycles. The Morgan fingerprint density at radius 1 is 1.11 bits per heavy atom. The molecule has 1 spiro atoms. The van der Waals surface area contributed by atoms with Crippen molar-refractivity contribution in [2.75, 3.05) is 45.3 Å². The van der Waals surface area contributed by atoms with E-state index in [1.807, 2.05) is 0 Å². The second-order valence-corrected chi connectivity index (χ2v) is 12.8. The molecule has 2 heterocycles. The van der Waals surface area contributed by atoms with Gasteiger partial charge in [-0.1, -0.05) is 42.8 Å². The summed E-state index contributed by atoms with van der Waals surface area (Å²) in [6.45, 7) is 1.33. The van der Waals surface area contributed by atoms with E-state index in [-0.39, 0.29) is 29.6 Å². The summed E-state index contributed by atoms with van der Waals surface area (Å²) in [4.78, 5) is 37.2. The van der Waals surface area contributed by atoms with Crippen LogP contribution in [0.2, 0.25) is 0 Å². The number of rotatable bonds is 8. The summed E-state index contributed by atoms with van der Waals surface area (Å²) in [6, 6.07) is 15.8. The van der Waals surface area contributed by atoms with Gasteiger partial charge in [-0.05, 0) is 70.2 Å². The highest BCUT2D eigenvalue weighted by Crippen LogP contribution is 2.49. The zero-order valence-electron chi connectivity index (χ0n) is 22.7. The molecule has 0 bridgehead atoms. The van der Waals surface area contributed by atoms with Crippen molar-refractivity contribution in [3.8, 4) is 0 Å². The second-order valence-electron chi connectivity index (χ2n) is 11.4. The number of nitrogens with one attached hydrogen (secondary N) is 1. The minimum atomic E-state index is -1.24. The molecule has 1 saturated heterocycles. The molecule has 1 unspecified atom stereocenters. The smallest absolute Gasteiger partial charge is 0.321 e. The number of pyridine rings is 1. The van der Waals surface area contributed by atoms with E-state index in [0.29, 0.717) is 23.3 Å². The van der Waals surface area contributed by atoms with Gasteiger partial charge in [-0.25, -0.2) is 4.79 Å². The van der Waals surface area contributed by atoms with Gasteiger partial charge in [-0.15, -0.1) is 0 Å². The normalized spacial score (nSPS) is 26.6. The van der Waals surface area contributed by atoms with Crippen molar-refractivity contribution >= 4 is 28.9 Å². The molecule has 1 atom stereocenters. The third kappa shape index (κ3) is 5.16. The van der Waals surface area contributed by atoms with E-state index >= 15 is 0 Å². The highest BCUT2D eigenvalue weighted by atomic mass is 32.2. The molecule has 1 aromatic heterocycles. The van der Waals surface area contributed by atoms with Crippen molar-refractivity contribution < 1.29 is 14.1 Å². The Kier molecular flexibility index (Phi) is 7.71. The topological polar surface area (TPSA) is 91.8 Å². The molecular weight excluding hydrogens is 498 g/mol. The Morgan fingerprint density at radius 2 is 1.82 bits per heavy atom. The number of nitrogens with zero attached hydrogens (tertiary/aromatic N) is 4. The van der Waals surface area contributed by atoms with E-state index in [2.05, 4.69) is 64.5 Å². The van der Waals surface area contributed by atoms with Gasteiger partial charge in [0.25, 0.3) is 0 Å². The van der Waals surface area contributed by atoms with Crippen LogP contribution >= 0.6 is 0 Å². The number of urea groups is 1. The van der Waals surface area contributed by atoms with Gasteiger partial charge >= 0.3 is 6.03 Å². The fourth-order valence-electron chi connectivity index (χ4n) is 6.51. The maximum atomic E-state index is 13.8. The highest BCUT2D eigenvalue weighted by Gasteiger charge is 2.55. The van der Waals surface area contributed by atoms with Crippen LogP contribution in [0.1, 0.15) is 50.5 Å². The summed E-state index contributed by atoms with van der Waals surface area (Å²) in [6.07, 6.45) is 8.87. The molecule has 8 nitrogen and oxygen atoms in total. The summed E-state index contributed by atoms with van der Waals surface area (Å²) in [7, 11) is 4.31. The average molecular weight is 538 g/mol. The lowest BCUT2D eigenvalue weighted by Crippen LogP contribution is -2.56. The number of carbonyl (C=O) groups excluding carboxylic acids is 2. The van der Waals surface area contributed by atoms with Gasteiger partial charge in [0.15, 0.2) is 0 Å². The van der Waals surface area contributed by atoms with Gasteiger partial charge in [-0.3, -0.25) is 9.69 Å². The summed E-state index contributed by atoms with van der Waals surface area (Å²) >= 11 is -1.24. The van der Waals surface area contributed by atoms with E-state index < -0.39 is 11.2 Å². The zero-order chi connectivity index (χ0) is 26.9. The lowest BCUT2D eigenvalue weighted by atomic mass is 9.68. The fraction of sp³-hybridized carbons (Fsp3) is 0.552. The van der Waals surface area contributed by atoms with Gasteiger partial charge in [0, 0.05) is 35.9 Å². The van der Waals surface area contributed by atoms with Crippen LogP contribution in [0.25, 0.3) is 0 Å². The first kappa shape index (κ1) is 27.0. The first-order valence-corrected chi connectivity index (χ1v) is 15.2. The summed E-state index contributed by atoms with van der Waals surface area (Å²) in [5, 5.41) is 3.21. The Morgan fingerprint density at radius 3 is 2.42 bits per heavy atom. The SMILES string of the molecule is CN(C)[C@]1(c2ccccc2)CC[C@]2(CC1)CN(CC(=O)Nc1cccc([S+](C)[O-])n1)C(=O)N2CC1CCC1. The number of aromatic nitrogens is 1. The predicted molar refractivity (Wildman–Crippen MR) is 149 cm³/mol. The fourth-order valence-corrected chi connectivity index (χ4v) is 7.01. The second kappa shape index (κ2) is 10.9. The van der Waals surface area contributed by atoms with E-state index in [9.17, 15) is 14.1 Å². The van der Waals surface area contributed by atoms with Crippen molar-refractivity contribution in [3.63, 3.8) is 0 Å². The Hall–Kier alpha value is -2.62. The van der Waals surface area contributed by atoms with Crippen molar-refractivity contribution in [2.24, 2.45) is 5.92 Å². The zero-order valence-corrected chi connectivity index (χ0v) is 23.5. The Bertz CT molecular complexity index is 1150. The average Bonchev–Trinajstić information content (AvgIpc) is 3.12. The molecule has 9 heteroatoms. The summed E-state index contributed by atoms with van der Waals surface area (Å²) in [5.74, 6) is 0.626. The first-order valence-electron chi connectivity index (χ1n) is 13.6. The largest absolute Gasteiger partial charge is 0.610 e. The number of carbonyl (C=O) groups is 2. The van der Waals surface area contributed by atoms with Gasteiger partial charge < -0.3 is 19.7 Å². The van der Waals surface area contributed by atoms with Crippen LogP contribution in [-0.4, -0.2) is 81.7 Å². The Labute approximate surface area is 229 Å². The van der Waals surface area contributed by atoms with E-state index in [4.69, 9.17) is 0 Å². The molecule has 3 aliphatic rings. The van der Waals surface area contributed by atoms with Crippen LogP contribution in [0, 0.1) is 5.92 Å². The molecule has 2 aliphatic carbocycles. The lowest BCUT2D eigenvalue weighted by molar-refractivity contribution is -0.116. The maximum Gasteiger partial charge on any atom is 0.321 e. The van der Waals surface area contributed by atoms with Crippen molar-refractivity contribution in [3.05, 3.63) is 54.1 Å². The monoisotopic (exact) mass is 537 g/mol. The van der Waals surface area contributed by atoms with Crippen LogP contribution in [-0.2, 0) is 21.5 Å². The van der Waals surface area contributed by atoms with Crippen LogP contribution in [0.5, 0.6) is 0 Å². The third-order valence-corrected chi connectivity index (χ3v) is 9.84. The molecule has 1 aromatic carbocycles. The molecule has 204 valence electrons. The number of anilines is 1. The van der Waals surface area contributed by atoms with Crippen molar-refractivity contribution in [1.29, 1.82) is 0 Å². The van der Waals surface area contributed by atoms with Gasteiger partial charge in [-0.2, -0.15) is 4.98 Å². The lowest BCUT2D eigenvalue weighted by Gasteiger charge is -2.51. The van der Waals surface area contributed by atoms with Crippen LogP contribution in [0.15, 0.2) is 53.6 Å². The molecule has 3 amide bonds. The van der Waals surface area contributed by atoms with Gasteiger partial charge in [0.2, 0.25) is 10.9 Å². The van der Waals surface area contributed by atoms with Gasteiger partial charge in [0.1, 0.15) is 18.6 Å². The Balaban J connectivity index is 1.33. The quantitative estimate of drug-likeness (QED) is 0.513. The number of hydrogen-bond donors (Lipinski definition) is 1. The highest BCUT2D eigenvalue weighted by molar-refractivity contribution is 7.90. The van der Waals surface area contributed by atoms with E-state index in [1.165, 1.54) is 24.8 Å². The third-order valence-electron chi connectivity index (χ3n) is 9.02.